The van der Waals surface area contributed by atoms with Crippen LogP contribution in [0.2, 0.25) is 0 Å². The summed E-state index contributed by atoms with van der Waals surface area (Å²) in [5.74, 6) is -1.22. The molecule has 0 unspecified atom stereocenters. The number of hydrogen-bond donors (Lipinski definition) is 1. The van der Waals surface area contributed by atoms with Crippen molar-refractivity contribution in [2.45, 2.75) is 13.8 Å². The van der Waals surface area contributed by atoms with E-state index in [4.69, 9.17) is 5.11 Å². The second-order valence-electron chi connectivity index (χ2n) is 2.36. The first-order chi connectivity index (χ1) is 5.82. The molecule has 1 N–H and O–H groups in total. The molecule has 0 aromatic rings. The summed E-state index contributed by atoms with van der Waals surface area (Å²) in [6.07, 6.45) is 0. The molecule has 0 atom stereocenters. The number of hydrogen-bond acceptors (Lipinski definition) is 3. The third kappa shape index (κ3) is 10.6. The number of carbonyl (C=O) groups is 2. The van der Waals surface area contributed by atoms with Crippen LogP contribution in [0.4, 0.5) is 0 Å². The highest BCUT2D eigenvalue weighted by atomic mass is 28.2. The zero-order valence-electron chi connectivity index (χ0n) is 8.09. The van der Waals surface area contributed by atoms with Gasteiger partial charge in [-0.2, -0.15) is 0 Å². The fraction of sp³-hybridized carbons (Fsp3) is 0.250. The van der Waals surface area contributed by atoms with Crippen molar-refractivity contribution in [3.05, 3.63) is 24.3 Å². The maximum absolute atomic E-state index is 10.2. The van der Waals surface area contributed by atoms with Gasteiger partial charge in [-0.05, 0) is 13.8 Å². The second-order valence-corrected chi connectivity index (χ2v) is 2.77. The molecule has 5 heteroatoms. The molecule has 0 heterocycles. The van der Waals surface area contributed by atoms with Crippen molar-refractivity contribution in [3.63, 3.8) is 0 Å². The third-order valence-corrected chi connectivity index (χ3v) is 1.27. The minimum atomic E-state index is -0.935. The predicted molar refractivity (Wildman–Crippen MR) is 53.3 cm³/mol. The van der Waals surface area contributed by atoms with E-state index in [2.05, 4.69) is 17.6 Å². The molecule has 0 rings (SSSR count). The van der Waals surface area contributed by atoms with Gasteiger partial charge >= 0.3 is 11.9 Å². The summed E-state index contributed by atoms with van der Waals surface area (Å²) < 4.78 is 4.41. The summed E-state index contributed by atoms with van der Waals surface area (Å²) in [5, 5.41) is 7.89. The van der Waals surface area contributed by atoms with Gasteiger partial charge in [-0.1, -0.05) is 13.2 Å². The minimum absolute atomic E-state index is 0.176. The fourth-order valence-corrected chi connectivity index (χ4v) is 0.523. The largest absolute Gasteiger partial charge is 0.526 e. The van der Waals surface area contributed by atoms with E-state index in [-0.39, 0.29) is 11.5 Å². The second kappa shape index (κ2) is 7.29. The Labute approximate surface area is 80.4 Å². The number of aliphatic carboxylic acids is 1. The van der Waals surface area contributed by atoms with E-state index in [9.17, 15) is 9.59 Å². The Morgan fingerprint density at radius 2 is 1.54 bits per heavy atom. The molecule has 0 spiro atoms. The average Bonchev–Trinajstić information content (AvgIpc) is 2.03. The molecule has 0 saturated heterocycles. The summed E-state index contributed by atoms with van der Waals surface area (Å²) in [7, 11) is 0.460. The van der Waals surface area contributed by atoms with Crippen molar-refractivity contribution >= 4 is 22.4 Å². The van der Waals surface area contributed by atoms with Gasteiger partial charge in [0, 0.05) is 11.1 Å². The predicted octanol–water partition coefficient (Wildman–Crippen LogP) is 0.0332. The zero-order chi connectivity index (χ0) is 11.0. The molecule has 0 aromatic heterocycles. The molecular formula is C8H14O4Si. The molecule has 74 valence electrons. The van der Waals surface area contributed by atoms with Crippen LogP contribution in [0.3, 0.4) is 0 Å². The SMILES string of the molecule is C=C(C)C(=O)O.C=C(C)C(=O)O[SiH3]. The number of carboxylic acid groups (broad SMARTS) is 1. The van der Waals surface area contributed by atoms with E-state index in [0.29, 0.717) is 16.1 Å². The van der Waals surface area contributed by atoms with Crippen LogP contribution in [0.5, 0.6) is 0 Å². The van der Waals surface area contributed by atoms with Crippen molar-refractivity contribution < 1.29 is 19.1 Å². The van der Waals surface area contributed by atoms with Gasteiger partial charge in [0.2, 0.25) is 10.5 Å². The van der Waals surface area contributed by atoms with E-state index in [1.807, 2.05) is 0 Å². The van der Waals surface area contributed by atoms with E-state index in [1.54, 1.807) is 6.92 Å². The van der Waals surface area contributed by atoms with Gasteiger partial charge < -0.3 is 9.53 Å². The van der Waals surface area contributed by atoms with Crippen LogP contribution in [0.15, 0.2) is 24.3 Å². The Bertz CT molecular complexity index is 220. The van der Waals surface area contributed by atoms with Crippen LogP contribution in [-0.2, 0) is 14.0 Å². The van der Waals surface area contributed by atoms with Crippen LogP contribution in [0.1, 0.15) is 13.8 Å². The van der Waals surface area contributed by atoms with Crippen LogP contribution < -0.4 is 0 Å². The van der Waals surface area contributed by atoms with Crippen molar-refractivity contribution in [1.29, 1.82) is 0 Å². The molecule has 0 bridgehead atoms. The molecular weight excluding hydrogens is 188 g/mol. The Balaban J connectivity index is 0. The summed E-state index contributed by atoms with van der Waals surface area (Å²) in [6, 6.07) is 0. The van der Waals surface area contributed by atoms with Gasteiger partial charge in [0.05, 0.1) is 0 Å². The van der Waals surface area contributed by atoms with Crippen molar-refractivity contribution in [2.24, 2.45) is 0 Å². The van der Waals surface area contributed by atoms with Crippen LogP contribution >= 0.6 is 0 Å². The van der Waals surface area contributed by atoms with Gasteiger partial charge in [-0.25, -0.2) is 9.59 Å². The molecule has 0 radical (unpaired) electrons. The van der Waals surface area contributed by atoms with Gasteiger partial charge in [0.1, 0.15) is 0 Å². The lowest BCUT2D eigenvalue weighted by atomic mass is 10.4. The molecule has 0 aliphatic rings. The normalized spacial score (nSPS) is 7.85. The lowest BCUT2D eigenvalue weighted by Crippen LogP contribution is -2.00. The Hall–Kier alpha value is -1.36. The van der Waals surface area contributed by atoms with E-state index < -0.39 is 5.97 Å². The van der Waals surface area contributed by atoms with Crippen molar-refractivity contribution in [2.75, 3.05) is 0 Å². The number of carboxylic acids is 1. The monoisotopic (exact) mass is 202 g/mol. The first kappa shape index (κ1) is 14.2. The van der Waals surface area contributed by atoms with Crippen LogP contribution in [0.25, 0.3) is 0 Å². The quantitative estimate of drug-likeness (QED) is 0.507. The third-order valence-electron chi connectivity index (χ3n) is 0.899. The lowest BCUT2D eigenvalue weighted by Gasteiger charge is -1.92. The maximum atomic E-state index is 10.2. The summed E-state index contributed by atoms with van der Waals surface area (Å²) in [4.78, 5) is 19.8. The summed E-state index contributed by atoms with van der Waals surface area (Å²) in [6.45, 7) is 9.60. The molecule has 0 aliphatic heterocycles. The van der Waals surface area contributed by atoms with Gasteiger partial charge in [-0.15, -0.1) is 0 Å². The topological polar surface area (TPSA) is 63.6 Å². The highest BCUT2D eigenvalue weighted by molar-refractivity contribution is 6.08. The van der Waals surface area contributed by atoms with Crippen LogP contribution in [-0.4, -0.2) is 27.5 Å². The maximum Gasteiger partial charge on any atom is 0.330 e. The van der Waals surface area contributed by atoms with E-state index >= 15 is 0 Å². The zero-order valence-corrected chi connectivity index (χ0v) is 10.1. The van der Waals surface area contributed by atoms with Crippen LogP contribution in [0, 0.1) is 0 Å². The standard InChI is InChI=1S/C4H8O2Si.C4H6O2/c1-3(2)4(5)6-7;1-3(2)4(5)6/h1H2,2,7H3;1H2,2H3,(H,5,6). The highest BCUT2D eigenvalue weighted by Crippen LogP contribution is 1.86. The Morgan fingerprint density at radius 1 is 1.23 bits per heavy atom. The number of carbonyl (C=O) groups excluding carboxylic acids is 1. The van der Waals surface area contributed by atoms with Gasteiger partial charge in [0.15, 0.2) is 0 Å². The number of rotatable bonds is 2. The molecule has 4 nitrogen and oxygen atoms in total. The lowest BCUT2D eigenvalue weighted by molar-refractivity contribution is -0.132. The first-order valence-electron chi connectivity index (χ1n) is 3.45. The van der Waals surface area contributed by atoms with Crippen molar-refractivity contribution in [3.8, 4) is 0 Å². The average molecular weight is 202 g/mol. The smallest absolute Gasteiger partial charge is 0.330 e. The summed E-state index contributed by atoms with van der Waals surface area (Å²) >= 11 is 0. The van der Waals surface area contributed by atoms with Crippen molar-refractivity contribution in [1.82, 2.24) is 0 Å². The molecule has 0 amide bonds. The minimum Gasteiger partial charge on any atom is -0.526 e. The molecule has 13 heavy (non-hydrogen) atoms. The fourth-order valence-electron chi connectivity index (χ4n) is 0.174. The first-order valence-corrected chi connectivity index (χ1v) is 4.27. The Morgan fingerprint density at radius 3 is 1.54 bits per heavy atom. The van der Waals surface area contributed by atoms with Gasteiger partial charge in [-0.3, -0.25) is 0 Å². The van der Waals surface area contributed by atoms with E-state index in [0.717, 1.165) is 0 Å². The molecule has 0 aromatic carbocycles. The Kier molecular flexibility index (Phi) is 7.96. The summed E-state index contributed by atoms with van der Waals surface area (Å²) in [5.41, 5.74) is 0.644. The van der Waals surface area contributed by atoms with Gasteiger partial charge in [0.25, 0.3) is 0 Å². The molecule has 0 fully saturated rings. The van der Waals surface area contributed by atoms with E-state index in [1.165, 1.54) is 6.92 Å². The molecule has 0 saturated carbocycles. The molecule has 0 aliphatic carbocycles. The highest BCUT2D eigenvalue weighted by Gasteiger charge is 1.94.